The van der Waals surface area contributed by atoms with Gasteiger partial charge in [0.15, 0.2) is 5.82 Å². The van der Waals surface area contributed by atoms with Gasteiger partial charge in [0.1, 0.15) is 11.6 Å². The van der Waals surface area contributed by atoms with Gasteiger partial charge in [0.25, 0.3) is 0 Å². The topological polar surface area (TPSA) is 32.3 Å². The van der Waals surface area contributed by atoms with Crippen LogP contribution in [0, 0.1) is 18.7 Å². The number of piperazine rings is 1. The van der Waals surface area contributed by atoms with Crippen LogP contribution in [0.2, 0.25) is 0 Å². The number of halogens is 1. The molecule has 0 amide bonds. The Kier molecular flexibility index (Phi) is 6.62. The molecule has 1 aliphatic rings. The maximum Gasteiger partial charge on any atom is 0.161 e. The first kappa shape index (κ1) is 21.4. The van der Waals surface area contributed by atoms with Gasteiger partial charge in [0, 0.05) is 56.0 Å². The van der Waals surface area contributed by atoms with Gasteiger partial charge in [-0.05, 0) is 24.5 Å². The van der Waals surface area contributed by atoms with Gasteiger partial charge in [-0.15, -0.1) is 0 Å². The van der Waals surface area contributed by atoms with E-state index >= 15 is 0 Å². The summed E-state index contributed by atoms with van der Waals surface area (Å²) in [5.74, 6) is 2.16. The predicted octanol–water partition coefficient (Wildman–Crippen LogP) is 4.96. The Balaban J connectivity index is 1.70. The van der Waals surface area contributed by atoms with E-state index in [2.05, 4.69) is 23.6 Å². The Labute approximate surface area is 184 Å². The van der Waals surface area contributed by atoms with Crippen molar-refractivity contribution in [3.63, 3.8) is 0 Å². The maximum absolute atomic E-state index is 14.4. The van der Waals surface area contributed by atoms with E-state index in [1.807, 2.05) is 49.4 Å². The number of nitrogens with zero attached hydrogens (tertiary/aromatic N) is 4. The first-order valence-electron chi connectivity index (χ1n) is 11.1. The first-order valence-corrected chi connectivity index (χ1v) is 11.1. The summed E-state index contributed by atoms with van der Waals surface area (Å²) < 4.78 is 14.4. The van der Waals surface area contributed by atoms with Crippen LogP contribution in [-0.4, -0.2) is 47.6 Å². The van der Waals surface area contributed by atoms with E-state index in [-0.39, 0.29) is 5.82 Å². The van der Waals surface area contributed by atoms with E-state index < -0.39 is 0 Å². The van der Waals surface area contributed by atoms with Crippen LogP contribution < -0.4 is 4.90 Å². The molecule has 2 aromatic carbocycles. The van der Waals surface area contributed by atoms with Crippen molar-refractivity contribution in [3.05, 3.63) is 77.2 Å². The van der Waals surface area contributed by atoms with E-state index in [0.29, 0.717) is 17.9 Å². The van der Waals surface area contributed by atoms with Gasteiger partial charge in [0.05, 0.1) is 0 Å². The second-order valence-electron chi connectivity index (χ2n) is 8.75. The average Bonchev–Trinajstić information content (AvgIpc) is 2.77. The quantitative estimate of drug-likeness (QED) is 0.566. The Hall–Kier alpha value is -2.79. The molecule has 0 saturated carbocycles. The van der Waals surface area contributed by atoms with Crippen molar-refractivity contribution >= 4 is 5.82 Å². The third-order valence-electron chi connectivity index (χ3n) is 5.84. The lowest BCUT2D eigenvalue weighted by Gasteiger charge is -2.37. The van der Waals surface area contributed by atoms with Gasteiger partial charge in [-0.25, -0.2) is 14.4 Å². The normalized spacial score (nSPS) is 14.9. The lowest BCUT2D eigenvalue weighted by atomic mass is 10.0. The number of aryl methyl sites for hydroxylation is 1. The fourth-order valence-electron chi connectivity index (χ4n) is 4.26. The molecule has 0 atom stereocenters. The molecule has 31 heavy (non-hydrogen) atoms. The van der Waals surface area contributed by atoms with Crippen LogP contribution >= 0.6 is 0 Å². The van der Waals surface area contributed by atoms with Crippen LogP contribution in [0.15, 0.2) is 54.6 Å². The molecular weight excluding hydrogens is 387 g/mol. The number of hydrogen-bond donors (Lipinski definition) is 0. The first-order chi connectivity index (χ1) is 15.0. The highest BCUT2D eigenvalue weighted by Gasteiger charge is 2.24. The molecule has 2 heterocycles. The van der Waals surface area contributed by atoms with Crippen LogP contribution in [0.1, 0.15) is 30.7 Å². The summed E-state index contributed by atoms with van der Waals surface area (Å²) in [4.78, 5) is 14.7. The van der Waals surface area contributed by atoms with E-state index in [9.17, 15) is 4.39 Å². The number of hydrogen-bond acceptors (Lipinski definition) is 4. The fraction of sp³-hybridized carbons (Fsp3) is 0.385. The molecule has 1 aliphatic heterocycles. The summed E-state index contributed by atoms with van der Waals surface area (Å²) in [6, 6.07) is 17.1. The lowest BCUT2D eigenvalue weighted by Crippen LogP contribution is -2.48. The minimum atomic E-state index is -0.179. The SMILES string of the molecule is Cc1nc(-c2ccccc2)nc(N2CCN(CC(C)C)CC2)c1Cc1ccccc1F. The minimum absolute atomic E-state index is 0.179. The molecule has 1 fully saturated rings. The monoisotopic (exact) mass is 418 g/mol. The maximum atomic E-state index is 14.4. The second kappa shape index (κ2) is 9.56. The van der Waals surface area contributed by atoms with Crippen molar-refractivity contribution in [2.24, 2.45) is 5.92 Å². The number of anilines is 1. The molecule has 3 aromatic rings. The second-order valence-corrected chi connectivity index (χ2v) is 8.75. The van der Waals surface area contributed by atoms with Gasteiger partial charge >= 0.3 is 0 Å². The largest absolute Gasteiger partial charge is 0.354 e. The van der Waals surface area contributed by atoms with Crippen molar-refractivity contribution in [3.8, 4) is 11.4 Å². The molecule has 5 heteroatoms. The predicted molar refractivity (Wildman–Crippen MR) is 125 cm³/mol. The molecule has 4 rings (SSSR count). The Bertz CT molecular complexity index is 1010. The molecular formula is C26H31FN4. The highest BCUT2D eigenvalue weighted by Crippen LogP contribution is 2.29. The van der Waals surface area contributed by atoms with Gasteiger partial charge in [-0.1, -0.05) is 62.4 Å². The molecule has 0 radical (unpaired) electrons. The third kappa shape index (κ3) is 5.10. The summed E-state index contributed by atoms with van der Waals surface area (Å²) in [6.07, 6.45) is 0.495. The van der Waals surface area contributed by atoms with Crippen molar-refractivity contribution in [2.75, 3.05) is 37.6 Å². The third-order valence-corrected chi connectivity index (χ3v) is 5.84. The summed E-state index contributed by atoms with van der Waals surface area (Å²) in [5, 5.41) is 0. The molecule has 0 spiro atoms. The summed E-state index contributed by atoms with van der Waals surface area (Å²) >= 11 is 0. The van der Waals surface area contributed by atoms with Gasteiger partial charge in [-0.3, -0.25) is 4.90 Å². The zero-order chi connectivity index (χ0) is 21.8. The molecule has 0 bridgehead atoms. The standard InChI is InChI=1S/C26H31FN4/c1-19(2)18-30-13-15-31(16-14-30)26-23(17-22-11-7-8-12-24(22)27)20(3)28-25(29-26)21-9-5-4-6-10-21/h4-12,19H,13-18H2,1-3H3. The van der Waals surface area contributed by atoms with Crippen molar-refractivity contribution in [1.29, 1.82) is 0 Å². The molecule has 0 unspecified atom stereocenters. The van der Waals surface area contributed by atoms with Crippen molar-refractivity contribution in [1.82, 2.24) is 14.9 Å². The summed E-state index contributed by atoms with van der Waals surface area (Å²) in [6.45, 7) is 11.5. The fourth-order valence-corrected chi connectivity index (χ4v) is 4.26. The van der Waals surface area contributed by atoms with Crippen LogP contribution in [0.5, 0.6) is 0 Å². The molecule has 1 saturated heterocycles. The molecule has 4 nitrogen and oxygen atoms in total. The van der Waals surface area contributed by atoms with Gasteiger partial charge in [-0.2, -0.15) is 0 Å². The highest BCUT2D eigenvalue weighted by molar-refractivity contribution is 5.61. The Morgan fingerprint density at radius 1 is 0.903 bits per heavy atom. The van der Waals surface area contributed by atoms with Gasteiger partial charge < -0.3 is 4.90 Å². The van der Waals surface area contributed by atoms with Gasteiger partial charge in [0.2, 0.25) is 0 Å². The van der Waals surface area contributed by atoms with Crippen LogP contribution in [-0.2, 0) is 6.42 Å². The van der Waals surface area contributed by atoms with E-state index in [1.54, 1.807) is 6.07 Å². The molecule has 0 N–H and O–H groups in total. The summed E-state index contributed by atoms with van der Waals surface area (Å²) in [7, 11) is 0. The van der Waals surface area contributed by atoms with E-state index in [4.69, 9.17) is 9.97 Å². The Morgan fingerprint density at radius 3 is 2.26 bits per heavy atom. The minimum Gasteiger partial charge on any atom is -0.354 e. The smallest absolute Gasteiger partial charge is 0.161 e. The van der Waals surface area contributed by atoms with Crippen LogP contribution in [0.25, 0.3) is 11.4 Å². The molecule has 162 valence electrons. The number of rotatable bonds is 6. The average molecular weight is 419 g/mol. The van der Waals surface area contributed by atoms with Crippen molar-refractivity contribution in [2.45, 2.75) is 27.2 Å². The van der Waals surface area contributed by atoms with Crippen molar-refractivity contribution < 1.29 is 4.39 Å². The van der Waals surface area contributed by atoms with E-state index in [0.717, 1.165) is 61.2 Å². The molecule has 1 aromatic heterocycles. The van der Waals surface area contributed by atoms with E-state index in [1.165, 1.54) is 6.07 Å². The Morgan fingerprint density at radius 2 is 1.58 bits per heavy atom. The van der Waals surface area contributed by atoms with Crippen LogP contribution in [0.4, 0.5) is 10.2 Å². The zero-order valence-corrected chi connectivity index (χ0v) is 18.7. The number of aromatic nitrogens is 2. The highest BCUT2D eigenvalue weighted by atomic mass is 19.1. The van der Waals surface area contributed by atoms with Crippen LogP contribution in [0.3, 0.4) is 0 Å². The number of benzene rings is 2. The lowest BCUT2D eigenvalue weighted by molar-refractivity contribution is 0.231. The summed E-state index contributed by atoms with van der Waals surface area (Å²) in [5.41, 5.74) is 3.61. The molecule has 0 aliphatic carbocycles. The zero-order valence-electron chi connectivity index (χ0n) is 18.7.